The zero-order chi connectivity index (χ0) is 21.2. The van der Waals surface area contributed by atoms with Gasteiger partial charge in [-0.1, -0.05) is 23.8 Å². The number of likely N-dealkylation sites (tertiary alicyclic amines) is 1. The van der Waals surface area contributed by atoms with E-state index in [9.17, 15) is 4.79 Å². The average molecular weight is 412 g/mol. The highest BCUT2D eigenvalue weighted by molar-refractivity contribution is 6.04. The molecule has 0 radical (unpaired) electrons. The van der Waals surface area contributed by atoms with Crippen molar-refractivity contribution < 1.29 is 4.79 Å². The first-order chi connectivity index (χ1) is 15.2. The average Bonchev–Trinajstić information content (AvgIpc) is 3.22. The number of carbonyl (C=O) groups is 1. The number of aryl methyl sites for hydroxylation is 1. The van der Waals surface area contributed by atoms with Crippen molar-refractivity contribution >= 4 is 28.4 Å². The number of pyridine rings is 2. The molecule has 4 heterocycles. The van der Waals surface area contributed by atoms with Crippen LogP contribution in [0.15, 0.2) is 60.8 Å². The van der Waals surface area contributed by atoms with E-state index < -0.39 is 0 Å². The largest absolute Gasteiger partial charge is 0.337 e. The molecule has 0 spiro atoms. The standard InChI is InChI=1S/C24H24N6O/c1-16-8-9-20-18(15-16)23(29-28-20)24(31)30-13-10-17(11-14-30)19-5-4-7-22(26-19)27-21-6-2-3-12-25-21/h2-9,12,15,17H,10-11,13-14H2,1H3,(H,28,29)(H,25,26,27). The SMILES string of the molecule is Cc1ccc2[nH]nc(C(=O)N3CCC(c4cccc(Nc5ccccn5)n4)CC3)c2c1. The third-order valence-corrected chi connectivity index (χ3v) is 5.81. The third kappa shape index (κ3) is 3.99. The number of H-pyrrole nitrogens is 1. The number of nitrogens with one attached hydrogen (secondary N) is 2. The van der Waals surface area contributed by atoms with Crippen LogP contribution in [-0.2, 0) is 0 Å². The number of aromatic nitrogens is 4. The summed E-state index contributed by atoms with van der Waals surface area (Å²) in [6, 6.07) is 17.8. The molecule has 5 rings (SSSR count). The third-order valence-electron chi connectivity index (χ3n) is 5.81. The summed E-state index contributed by atoms with van der Waals surface area (Å²) in [5.41, 5.74) is 3.57. The summed E-state index contributed by atoms with van der Waals surface area (Å²) >= 11 is 0. The first kappa shape index (κ1) is 19.2. The number of rotatable bonds is 4. The molecule has 7 heteroatoms. The van der Waals surface area contributed by atoms with Crippen LogP contribution in [0.1, 0.15) is 40.5 Å². The maximum atomic E-state index is 13.1. The van der Waals surface area contributed by atoms with Crippen LogP contribution in [-0.4, -0.2) is 44.1 Å². The number of piperidine rings is 1. The van der Waals surface area contributed by atoms with Gasteiger partial charge in [-0.05, 0) is 56.2 Å². The van der Waals surface area contributed by atoms with Gasteiger partial charge in [0.25, 0.3) is 5.91 Å². The van der Waals surface area contributed by atoms with E-state index >= 15 is 0 Å². The summed E-state index contributed by atoms with van der Waals surface area (Å²) in [6.45, 7) is 3.42. The summed E-state index contributed by atoms with van der Waals surface area (Å²) < 4.78 is 0. The van der Waals surface area contributed by atoms with Crippen molar-refractivity contribution in [2.75, 3.05) is 18.4 Å². The number of nitrogens with zero attached hydrogens (tertiary/aromatic N) is 4. The molecule has 0 atom stereocenters. The Morgan fingerprint density at radius 2 is 1.90 bits per heavy atom. The quantitative estimate of drug-likeness (QED) is 0.518. The van der Waals surface area contributed by atoms with Gasteiger partial charge in [0.05, 0.1) is 5.52 Å². The molecule has 4 aromatic rings. The van der Waals surface area contributed by atoms with Crippen LogP contribution in [0.2, 0.25) is 0 Å². The second-order valence-electron chi connectivity index (χ2n) is 7.98. The molecule has 1 amide bonds. The highest BCUT2D eigenvalue weighted by Gasteiger charge is 2.27. The monoisotopic (exact) mass is 412 g/mol. The van der Waals surface area contributed by atoms with E-state index in [0.717, 1.165) is 46.6 Å². The van der Waals surface area contributed by atoms with Gasteiger partial charge in [-0.15, -0.1) is 0 Å². The molecule has 1 fully saturated rings. The highest BCUT2D eigenvalue weighted by Crippen LogP contribution is 2.29. The Hall–Kier alpha value is -3.74. The number of hydrogen-bond acceptors (Lipinski definition) is 5. The van der Waals surface area contributed by atoms with E-state index in [4.69, 9.17) is 4.98 Å². The van der Waals surface area contributed by atoms with E-state index in [-0.39, 0.29) is 5.91 Å². The Labute approximate surface area is 180 Å². The minimum atomic E-state index is -0.00571. The number of benzene rings is 1. The molecule has 31 heavy (non-hydrogen) atoms. The summed E-state index contributed by atoms with van der Waals surface area (Å²) in [4.78, 5) is 24.1. The Kier molecular flexibility index (Phi) is 5.08. The van der Waals surface area contributed by atoms with Crippen molar-refractivity contribution in [2.24, 2.45) is 0 Å². The van der Waals surface area contributed by atoms with Crippen LogP contribution in [0.4, 0.5) is 11.6 Å². The van der Waals surface area contributed by atoms with Crippen molar-refractivity contribution in [3.8, 4) is 0 Å². The lowest BCUT2D eigenvalue weighted by Gasteiger charge is -2.31. The van der Waals surface area contributed by atoms with Crippen LogP contribution >= 0.6 is 0 Å². The van der Waals surface area contributed by atoms with Crippen LogP contribution in [0.25, 0.3) is 10.9 Å². The van der Waals surface area contributed by atoms with Gasteiger partial charge in [-0.2, -0.15) is 5.10 Å². The zero-order valence-electron chi connectivity index (χ0n) is 17.4. The van der Waals surface area contributed by atoms with Crippen molar-refractivity contribution in [1.29, 1.82) is 0 Å². The minimum absolute atomic E-state index is 0.00571. The van der Waals surface area contributed by atoms with Gasteiger partial charge in [0.15, 0.2) is 5.69 Å². The summed E-state index contributed by atoms with van der Waals surface area (Å²) in [5, 5.41) is 11.4. The van der Waals surface area contributed by atoms with Gasteiger partial charge >= 0.3 is 0 Å². The molecule has 0 saturated carbocycles. The van der Waals surface area contributed by atoms with Gasteiger partial charge in [-0.25, -0.2) is 9.97 Å². The summed E-state index contributed by atoms with van der Waals surface area (Å²) in [6.07, 6.45) is 3.52. The van der Waals surface area contributed by atoms with Crippen LogP contribution in [0, 0.1) is 6.92 Å². The summed E-state index contributed by atoms with van der Waals surface area (Å²) in [5.74, 6) is 1.88. The van der Waals surface area contributed by atoms with Crippen molar-refractivity contribution in [2.45, 2.75) is 25.7 Å². The second kappa shape index (κ2) is 8.18. The topological polar surface area (TPSA) is 86.8 Å². The zero-order valence-corrected chi connectivity index (χ0v) is 17.4. The van der Waals surface area contributed by atoms with E-state index in [1.807, 2.05) is 60.4 Å². The normalized spacial score (nSPS) is 14.7. The van der Waals surface area contributed by atoms with Crippen LogP contribution in [0.5, 0.6) is 0 Å². The van der Waals surface area contributed by atoms with Crippen LogP contribution in [0.3, 0.4) is 0 Å². The Bertz CT molecular complexity index is 1210. The second-order valence-corrected chi connectivity index (χ2v) is 7.98. The van der Waals surface area contributed by atoms with E-state index in [0.29, 0.717) is 24.7 Å². The van der Waals surface area contributed by atoms with E-state index in [1.54, 1.807) is 6.20 Å². The van der Waals surface area contributed by atoms with Gasteiger partial charge in [-0.3, -0.25) is 9.89 Å². The number of aromatic amines is 1. The Morgan fingerprint density at radius 1 is 1.06 bits per heavy atom. The molecule has 7 nitrogen and oxygen atoms in total. The molecule has 0 bridgehead atoms. The fraction of sp³-hybridized carbons (Fsp3) is 0.250. The molecule has 1 aliphatic rings. The smallest absolute Gasteiger partial charge is 0.274 e. The van der Waals surface area contributed by atoms with Gasteiger partial charge in [0, 0.05) is 36.3 Å². The van der Waals surface area contributed by atoms with Crippen molar-refractivity contribution in [3.05, 3.63) is 77.7 Å². The molecule has 3 aromatic heterocycles. The molecule has 0 unspecified atom stereocenters. The molecule has 2 N–H and O–H groups in total. The Morgan fingerprint density at radius 3 is 2.71 bits per heavy atom. The first-order valence-corrected chi connectivity index (χ1v) is 10.6. The fourth-order valence-corrected chi connectivity index (χ4v) is 4.14. The number of fused-ring (bicyclic) bond motifs is 1. The number of carbonyl (C=O) groups excluding carboxylic acids is 1. The van der Waals surface area contributed by atoms with Gasteiger partial charge < -0.3 is 10.2 Å². The molecule has 1 saturated heterocycles. The highest BCUT2D eigenvalue weighted by atomic mass is 16.2. The molecular formula is C24H24N6O. The van der Waals surface area contributed by atoms with Gasteiger partial charge in [0.1, 0.15) is 11.6 Å². The van der Waals surface area contributed by atoms with E-state index in [1.165, 1.54) is 0 Å². The maximum absolute atomic E-state index is 13.1. The minimum Gasteiger partial charge on any atom is -0.337 e. The number of amides is 1. The molecule has 1 aliphatic heterocycles. The molecule has 1 aromatic carbocycles. The summed E-state index contributed by atoms with van der Waals surface area (Å²) in [7, 11) is 0. The number of anilines is 2. The lowest BCUT2D eigenvalue weighted by molar-refractivity contribution is 0.0708. The first-order valence-electron chi connectivity index (χ1n) is 10.6. The molecule has 156 valence electrons. The Balaban J connectivity index is 1.26. The van der Waals surface area contributed by atoms with E-state index in [2.05, 4.69) is 26.6 Å². The predicted molar refractivity (Wildman–Crippen MR) is 120 cm³/mol. The lowest BCUT2D eigenvalue weighted by atomic mass is 9.92. The predicted octanol–water partition coefficient (Wildman–Crippen LogP) is 4.42. The van der Waals surface area contributed by atoms with Crippen LogP contribution < -0.4 is 5.32 Å². The maximum Gasteiger partial charge on any atom is 0.274 e. The molecular weight excluding hydrogens is 388 g/mol. The molecule has 0 aliphatic carbocycles. The van der Waals surface area contributed by atoms with Crippen molar-refractivity contribution in [3.63, 3.8) is 0 Å². The lowest BCUT2D eigenvalue weighted by Crippen LogP contribution is -2.38. The number of hydrogen-bond donors (Lipinski definition) is 2. The van der Waals surface area contributed by atoms with Crippen molar-refractivity contribution in [1.82, 2.24) is 25.1 Å². The van der Waals surface area contributed by atoms with Gasteiger partial charge in [0.2, 0.25) is 0 Å². The fourth-order valence-electron chi connectivity index (χ4n) is 4.14.